The van der Waals surface area contributed by atoms with E-state index in [2.05, 4.69) is 36.9 Å². The van der Waals surface area contributed by atoms with Gasteiger partial charge in [0.15, 0.2) is 0 Å². The highest BCUT2D eigenvalue weighted by molar-refractivity contribution is 9.10. The van der Waals surface area contributed by atoms with E-state index in [1.54, 1.807) is 31.2 Å². The van der Waals surface area contributed by atoms with Gasteiger partial charge in [-0.25, -0.2) is 18.1 Å². The third kappa shape index (κ3) is 6.88. The van der Waals surface area contributed by atoms with Crippen molar-refractivity contribution in [3.63, 3.8) is 0 Å². The van der Waals surface area contributed by atoms with Crippen LogP contribution in [0.2, 0.25) is 0 Å². The number of piperazine rings is 1. The number of anilines is 2. The average Bonchev–Trinajstić information content (AvgIpc) is 2.95. The van der Waals surface area contributed by atoms with E-state index >= 15 is 0 Å². The van der Waals surface area contributed by atoms with Crippen molar-refractivity contribution in [3.8, 4) is 0 Å². The zero-order chi connectivity index (χ0) is 27.4. The van der Waals surface area contributed by atoms with Gasteiger partial charge in [-0.1, -0.05) is 28.1 Å². The first kappa shape index (κ1) is 27.8. The average molecular weight is 616 g/mol. The van der Waals surface area contributed by atoms with E-state index in [1.165, 1.54) is 0 Å². The van der Waals surface area contributed by atoms with Crippen molar-refractivity contribution in [1.29, 1.82) is 0 Å². The number of sulfonamides is 1. The number of para-hydroxylation sites is 1. The predicted octanol–water partition coefficient (Wildman–Crippen LogP) is 4.26. The molecule has 0 bridgehead atoms. The third-order valence-electron chi connectivity index (χ3n) is 7.81. The van der Waals surface area contributed by atoms with Crippen LogP contribution < -0.4 is 14.9 Å². The summed E-state index contributed by atoms with van der Waals surface area (Å²) in [6.07, 6.45) is 4.04. The Labute approximate surface area is 238 Å². The highest BCUT2D eigenvalue weighted by atomic mass is 79.9. The Kier molecular flexibility index (Phi) is 8.68. The van der Waals surface area contributed by atoms with Crippen molar-refractivity contribution in [2.75, 3.05) is 49.5 Å². The molecule has 2 aromatic carbocycles. The molecule has 1 aliphatic carbocycles. The molecule has 2 aliphatic rings. The summed E-state index contributed by atoms with van der Waals surface area (Å²) in [5, 5.41) is 4.50. The van der Waals surface area contributed by atoms with E-state index in [0.29, 0.717) is 42.3 Å². The quantitative estimate of drug-likeness (QED) is 0.390. The zero-order valence-corrected chi connectivity index (χ0v) is 24.5. The Bertz CT molecular complexity index is 1400. The molecule has 0 unspecified atom stereocenters. The van der Waals surface area contributed by atoms with Crippen LogP contribution in [0.4, 0.5) is 11.8 Å². The molecule has 1 saturated carbocycles. The van der Waals surface area contributed by atoms with Crippen LogP contribution >= 0.6 is 15.9 Å². The lowest BCUT2D eigenvalue weighted by atomic mass is 9.82. The molecule has 9 nitrogen and oxygen atoms in total. The van der Waals surface area contributed by atoms with E-state index in [9.17, 15) is 13.2 Å². The Morgan fingerprint density at radius 1 is 0.923 bits per heavy atom. The third-order valence-corrected chi connectivity index (χ3v) is 9.78. The van der Waals surface area contributed by atoms with E-state index in [-0.39, 0.29) is 5.91 Å². The molecule has 11 heteroatoms. The standard InChI is InChI=1S/C28H35BrN6O3S/c1-20(36)34-14-16-35(17-15-34)27-25-4-2-3-5-26(25)32-28(33-27)30-18-21-6-8-22(9-7-21)19-31-39(37,38)24-12-10-23(29)11-13-24/h2-5,10-13,21-22,31H,6-9,14-19H2,1H3,(H,30,32,33)/t21-,22-. The second-order valence-electron chi connectivity index (χ2n) is 10.5. The van der Waals surface area contributed by atoms with Crippen LogP contribution in [-0.4, -0.2) is 68.5 Å². The summed E-state index contributed by atoms with van der Waals surface area (Å²) in [5.41, 5.74) is 0.903. The van der Waals surface area contributed by atoms with Gasteiger partial charge in [0.05, 0.1) is 10.4 Å². The van der Waals surface area contributed by atoms with Gasteiger partial charge in [0, 0.05) is 56.1 Å². The lowest BCUT2D eigenvalue weighted by Crippen LogP contribution is -2.48. The summed E-state index contributed by atoms with van der Waals surface area (Å²) in [5.74, 6) is 2.47. The fourth-order valence-electron chi connectivity index (χ4n) is 5.41. The maximum atomic E-state index is 12.6. The van der Waals surface area contributed by atoms with Crippen molar-refractivity contribution >= 4 is 54.5 Å². The topological polar surface area (TPSA) is 108 Å². The van der Waals surface area contributed by atoms with Gasteiger partial charge in [0.1, 0.15) is 5.82 Å². The van der Waals surface area contributed by atoms with Gasteiger partial charge in [0.25, 0.3) is 0 Å². The van der Waals surface area contributed by atoms with Gasteiger partial charge in [0.2, 0.25) is 21.9 Å². The van der Waals surface area contributed by atoms with Crippen molar-refractivity contribution in [1.82, 2.24) is 19.6 Å². The van der Waals surface area contributed by atoms with Gasteiger partial charge in [-0.05, 0) is 73.9 Å². The molecule has 0 atom stereocenters. The summed E-state index contributed by atoms with van der Waals surface area (Å²) in [7, 11) is -3.50. The maximum Gasteiger partial charge on any atom is 0.240 e. The summed E-state index contributed by atoms with van der Waals surface area (Å²) in [6, 6.07) is 14.8. The minimum absolute atomic E-state index is 0.112. The highest BCUT2D eigenvalue weighted by Crippen LogP contribution is 2.30. The number of halogens is 1. The molecule has 1 amide bonds. The number of carbonyl (C=O) groups excluding carboxylic acids is 1. The Morgan fingerprint density at radius 2 is 1.56 bits per heavy atom. The van der Waals surface area contributed by atoms with Crippen molar-refractivity contribution in [3.05, 3.63) is 53.0 Å². The Hall–Kier alpha value is -2.76. The molecule has 1 aromatic heterocycles. The largest absolute Gasteiger partial charge is 0.354 e. The number of rotatable bonds is 8. The lowest BCUT2D eigenvalue weighted by molar-refractivity contribution is -0.129. The van der Waals surface area contributed by atoms with Gasteiger partial charge < -0.3 is 15.1 Å². The molecule has 2 heterocycles. The monoisotopic (exact) mass is 614 g/mol. The molecule has 2 fully saturated rings. The van der Waals surface area contributed by atoms with Crippen LogP contribution in [0.3, 0.4) is 0 Å². The van der Waals surface area contributed by atoms with Crippen LogP contribution in [0.1, 0.15) is 32.6 Å². The molecular formula is C28H35BrN6O3S. The first-order valence-corrected chi connectivity index (χ1v) is 15.8. The number of nitrogens with one attached hydrogen (secondary N) is 2. The summed E-state index contributed by atoms with van der Waals surface area (Å²) in [6.45, 7) is 5.75. The van der Waals surface area contributed by atoms with Crippen LogP contribution in [0.5, 0.6) is 0 Å². The first-order valence-electron chi connectivity index (χ1n) is 13.5. The van der Waals surface area contributed by atoms with Crippen molar-refractivity contribution in [2.45, 2.75) is 37.5 Å². The summed E-state index contributed by atoms with van der Waals surface area (Å²) in [4.78, 5) is 25.8. The number of hydrogen-bond acceptors (Lipinski definition) is 7. The number of benzene rings is 2. The Morgan fingerprint density at radius 3 is 2.23 bits per heavy atom. The minimum Gasteiger partial charge on any atom is -0.354 e. The molecule has 3 aromatic rings. The molecule has 208 valence electrons. The normalized spacial score (nSPS) is 20.3. The molecular weight excluding hydrogens is 580 g/mol. The number of hydrogen-bond donors (Lipinski definition) is 2. The molecule has 5 rings (SSSR count). The second-order valence-corrected chi connectivity index (χ2v) is 13.1. The SMILES string of the molecule is CC(=O)N1CCN(c2nc(NC[C@H]3CC[C@H](CNS(=O)(=O)c4ccc(Br)cc4)CC3)nc3ccccc23)CC1. The fraction of sp³-hybridized carbons (Fsp3) is 0.464. The molecule has 2 N–H and O–H groups in total. The lowest BCUT2D eigenvalue weighted by Gasteiger charge is -2.35. The smallest absolute Gasteiger partial charge is 0.240 e. The van der Waals surface area contributed by atoms with Crippen LogP contribution in [0.25, 0.3) is 10.9 Å². The van der Waals surface area contributed by atoms with Crippen molar-refractivity contribution < 1.29 is 13.2 Å². The molecule has 1 saturated heterocycles. The second kappa shape index (κ2) is 12.2. The first-order chi connectivity index (χ1) is 18.8. The van der Waals surface area contributed by atoms with Crippen LogP contribution in [0.15, 0.2) is 57.9 Å². The number of nitrogens with zero attached hydrogens (tertiary/aromatic N) is 4. The number of fused-ring (bicyclic) bond motifs is 1. The van der Waals surface area contributed by atoms with E-state index in [1.807, 2.05) is 23.1 Å². The number of amides is 1. The Balaban J connectivity index is 1.15. The fourth-order valence-corrected chi connectivity index (χ4v) is 6.79. The highest BCUT2D eigenvalue weighted by Gasteiger charge is 2.25. The number of carbonyl (C=O) groups is 1. The van der Waals surface area contributed by atoms with E-state index in [0.717, 1.165) is 66.5 Å². The molecule has 0 spiro atoms. The minimum atomic E-state index is -3.50. The van der Waals surface area contributed by atoms with Gasteiger partial charge >= 0.3 is 0 Å². The summed E-state index contributed by atoms with van der Waals surface area (Å²) >= 11 is 3.34. The van der Waals surface area contributed by atoms with E-state index < -0.39 is 10.0 Å². The van der Waals surface area contributed by atoms with Gasteiger partial charge in [-0.15, -0.1) is 0 Å². The van der Waals surface area contributed by atoms with Crippen LogP contribution in [0, 0.1) is 11.8 Å². The molecule has 1 aliphatic heterocycles. The van der Waals surface area contributed by atoms with Crippen LogP contribution in [-0.2, 0) is 14.8 Å². The maximum absolute atomic E-state index is 12.6. The predicted molar refractivity (Wildman–Crippen MR) is 157 cm³/mol. The molecule has 0 radical (unpaired) electrons. The van der Waals surface area contributed by atoms with Crippen molar-refractivity contribution in [2.24, 2.45) is 11.8 Å². The van der Waals surface area contributed by atoms with Gasteiger partial charge in [-0.3, -0.25) is 4.79 Å². The zero-order valence-electron chi connectivity index (χ0n) is 22.1. The van der Waals surface area contributed by atoms with E-state index in [4.69, 9.17) is 9.97 Å². The molecule has 39 heavy (non-hydrogen) atoms. The summed E-state index contributed by atoms with van der Waals surface area (Å²) < 4.78 is 28.9. The number of aromatic nitrogens is 2. The van der Waals surface area contributed by atoms with Gasteiger partial charge in [-0.2, -0.15) is 4.98 Å².